The van der Waals surface area contributed by atoms with Crippen molar-refractivity contribution in [1.29, 1.82) is 0 Å². The highest BCUT2D eigenvalue weighted by molar-refractivity contribution is 7.88. The van der Waals surface area contributed by atoms with Gasteiger partial charge in [0.05, 0.1) is 18.1 Å². The van der Waals surface area contributed by atoms with Crippen molar-refractivity contribution in [3.63, 3.8) is 0 Å². The van der Waals surface area contributed by atoms with Crippen LogP contribution < -0.4 is 15.5 Å². The Balaban J connectivity index is 1.54. The summed E-state index contributed by atoms with van der Waals surface area (Å²) < 4.78 is 24.5. The van der Waals surface area contributed by atoms with E-state index in [-0.39, 0.29) is 6.03 Å². The standard InChI is InChI=1S/C14H21N5O3S/c1-23(21,22)19-8-6-18(7-9-19)13-5-4-12(10-15-13)17-14(20)16-11-2-3-11/h4-5,10-11H,2-3,6-9H2,1H3,(H2,16,17,20). The largest absolute Gasteiger partial charge is 0.354 e. The number of carbonyl (C=O) groups excluding carboxylic acids is 1. The molecule has 0 spiro atoms. The molecule has 1 aliphatic carbocycles. The molecule has 0 unspecified atom stereocenters. The topological polar surface area (TPSA) is 94.6 Å². The summed E-state index contributed by atoms with van der Waals surface area (Å²) in [6.45, 7) is 2.14. The Labute approximate surface area is 135 Å². The zero-order valence-electron chi connectivity index (χ0n) is 13.0. The molecule has 0 atom stereocenters. The van der Waals surface area contributed by atoms with Gasteiger partial charge in [-0.2, -0.15) is 4.31 Å². The maximum atomic E-state index is 11.7. The molecule has 1 aromatic heterocycles. The van der Waals surface area contributed by atoms with Crippen molar-refractivity contribution in [2.75, 3.05) is 42.7 Å². The van der Waals surface area contributed by atoms with Crippen molar-refractivity contribution in [3.8, 4) is 0 Å². The number of hydrogen-bond acceptors (Lipinski definition) is 5. The summed E-state index contributed by atoms with van der Waals surface area (Å²) in [6, 6.07) is 3.75. The van der Waals surface area contributed by atoms with Crippen LogP contribution in [0.15, 0.2) is 18.3 Å². The summed E-state index contributed by atoms with van der Waals surface area (Å²) in [6.07, 6.45) is 4.94. The van der Waals surface area contributed by atoms with Crippen LogP contribution in [0.4, 0.5) is 16.3 Å². The average Bonchev–Trinajstić information content (AvgIpc) is 3.31. The van der Waals surface area contributed by atoms with Crippen LogP contribution in [0.1, 0.15) is 12.8 Å². The predicted octanol–water partition coefficient (Wildman–Crippen LogP) is 0.447. The highest BCUT2D eigenvalue weighted by Crippen LogP contribution is 2.19. The monoisotopic (exact) mass is 339 g/mol. The molecular weight excluding hydrogens is 318 g/mol. The third-order valence-corrected chi connectivity index (χ3v) is 5.25. The Morgan fingerprint density at radius 3 is 2.43 bits per heavy atom. The van der Waals surface area contributed by atoms with E-state index in [1.54, 1.807) is 12.3 Å². The SMILES string of the molecule is CS(=O)(=O)N1CCN(c2ccc(NC(=O)NC3CC3)cn2)CC1. The van der Waals surface area contributed by atoms with E-state index >= 15 is 0 Å². The first-order chi connectivity index (χ1) is 10.9. The van der Waals surface area contributed by atoms with Crippen LogP contribution in [-0.4, -0.2) is 62.2 Å². The second-order valence-electron chi connectivity index (χ2n) is 5.93. The lowest BCUT2D eigenvalue weighted by molar-refractivity contribution is 0.251. The number of urea groups is 1. The summed E-state index contributed by atoms with van der Waals surface area (Å²) >= 11 is 0. The summed E-state index contributed by atoms with van der Waals surface area (Å²) in [5, 5.41) is 5.60. The smallest absolute Gasteiger partial charge is 0.319 e. The van der Waals surface area contributed by atoms with Crippen molar-refractivity contribution >= 4 is 27.6 Å². The number of pyridine rings is 1. The summed E-state index contributed by atoms with van der Waals surface area (Å²) in [7, 11) is -3.12. The molecule has 2 fully saturated rings. The fraction of sp³-hybridized carbons (Fsp3) is 0.571. The minimum atomic E-state index is -3.12. The lowest BCUT2D eigenvalue weighted by atomic mass is 10.3. The number of anilines is 2. The van der Waals surface area contributed by atoms with Gasteiger partial charge in [-0.25, -0.2) is 18.2 Å². The van der Waals surface area contributed by atoms with Gasteiger partial charge in [-0.15, -0.1) is 0 Å². The van der Waals surface area contributed by atoms with E-state index in [0.717, 1.165) is 18.7 Å². The molecule has 2 amide bonds. The number of piperazine rings is 1. The first-order valence-electron chi connectivity index (χ1n) is 7.65. The highest BCUT2D eigenvalue weighted by Gasteiger charge is 2.24. The van der Waals surface area contributed by atoms with Gasteiger partial charge >= 0.3 is 6.03 Å². The maximum absolute atomic E-state index is 11.7. The molecule has 1 saturated heterocycles. The number of nitrogens with zero attached hydrogens (tertiary/aromatic N) is 3. The summed E-state index contributed by atoms with van der Waals surface area (Å²) in [5.74, 6) is 0.784. The van der Waals surface area contributed by atoms with Gasteiger partial charge in [0.1, 0.15) is 5.82 Å². The van der Waals surface area contributed by atoms with Gasteiger partial charge in [0.2, 0.25) is 10.0 Å². The number of hydrogen-bond donors (Lipinski definition) is 2. The third-order valence-electron chi connectivity index (χ3n) is 3.95. The van der Waals surface area contributed by atoms with E-state index < -0.39 is 10.0 Å². The molecule has 8 nitrogen and oxygen atoms in total. The van der Waals surface area contributed by atoms with E-state index in [1.807, 2.05) is 11.0 Å². The number of aromatic nitrogens is 1. The molecule has 1 saturated carbocycles. The molecule has 0 aromatic carbocycles. The van der Waals surface area contributed by atoms with E-state index in [9.17, 15) is 13.2 Å². The molecule has 126 valence electrons. The number of carbonyl (C=O) groups is 1. The second kappa shape index (κ2) is 6.32. The fourth-order valence-corrected chi connectivity index (χ4v) is 3.30. The quantitative estimate of drug-likeness (QED) is 0.830. The number of rotatable bonds is 4. The lowest BCUT2D eigenvalue weighted by Crippen LogP contribution is -2.48. The van der Waals surface area contributed by atoms with Crippen molar-refractivity contribution in [2.45, 2.75) is 18.9 Å². The molecule has 2 aliphatic rings. The Morgan fingerprint density at radius 1 is 1.22 bits per heavy atom. The van der Waals surface area contributed by atoms with Gasteiger partial charge in [-0.1, -0.05) is 0 Å². The molecule has 0 radical (unpaired) electrons. The normalized spacial score (nSPS) is 19.4. The zero-order valence-corrected chi connectivity index (χ0v) is 13.8. The van der Waals surface area contributed by atoms with Crippen LogP contribution in [0.2, 0.25) is 0 Å². The van der Waals surface area contributed by atoms with Gasteiger partial charge in [0, 0.05) is 32.2 Å². The molecule has 23 heavy (non-hydrogen) atoms. The first kappa shape index (κ1) is 16.0. The molecule has 1 aromatic rings. The number of nitrogens with one attached hydrogen (secondary N) is 2. The minimum absolute atomic E-state index is 0.205. The highest BCUT2D eigenvalue weighted by atomic mass is 32.2. The predicted molar refractivity (Wildman–Crippen MR) is 88.0 cm³/mol. The molecule has 3 rings (SSSR count). The maximum Gasteiger partial charge on any atom is 0.319 e. The van der Waals surface area contributed by atoms with Gasteiger partial charge in [0.25, 0.3) is 0 Å². The van der Waals surface area contributed by atoms with Crippen molar-refractivity contribution in [3.05, 3.63) is 18.3 Å². The Morgan fingerprint density at radius 2 is 1.91 bits per heavy atom. The minimum Gasteiger partial charge on any atom is -0.354 e. The van der Waals surface area contributed by atoms with E-state index in [4.69, 9.17) is 0 Å². The fourth-order valence-electron chi connectivity index (χ4n) is 2.48. The summed E-state index contributed by atoms with van der Waals surface area (Å²) in [5.41, 5.74) is 0.640. The van der Waals surface area contributed by atoms with Gasteiger partial charge in [0.15, 0.2) is 0 Å². The summed E-state index contributed by atoms with van der Waals surface area (Å²) in [4.78, 5) is 18.0. The van der Waals surface area contributed by atoms with Gasteiger partial charge in [-0.05, 0) is 25.0 Å². The zero-order chi connectivity index (χ0) is 16.4. The molecule has 0 bridgehead atoms. The van der Waals surface area contributed by atoms with E-state index in [0.29, 0.717) is 37.9 Å². The van der Waals surface area contributed by atoms with Crippen LogP contribution in [0, 0.1) is 0 Å². The Hall–Kier alpha value is -1.87. The van der Waals surface area contributed by atoms with Gasteiger partial charge in [-0.3, -0.25) is 0 Å². The van der Waals surface area contributed by atoms with Crippen LogP contribution in [0.3, 0.4) is 0 Å². The van der Waals surface area contributed by atoms with Gasteiger partial charge < -0.3 is 15.5 Å². The average molecular weight is 339 g/mol. The molecular formula is C14H21N5O3S. The molecule has 1 aliphatic heterocycles. The number of amides is 2. The third kappa shape index (κ3) is 4.32. The lowest BCUT2D eigenvalue weighted by Gasteiger charge is -2.33. The van der Waals surface area contributed by atoms with Crippen molar-refractivity contribution < 1.29 is 13.2 Å². The second-order valence-corrected chi connectivity index (χ2v) is 7.91. The molecule has 9 heteroatoms. The molecule has 2 heterocycles. The van der Waals surface area contributed by atoms with Crippen LogP contribution in [0.5, 0.6) is 0 Å². The van der Waals surface area contributed by atoms with E-state index in [1.165, 1.54) is 10.6 Å². The van der Waals surface area contributed by atoms with Crippen LogP contribution >= 0.6 is 0 Å². The Bertz CT molecular complexity index is 664. The van der Waals surface area contributed by atoms with Crippen molar-refractivity contribution in [2.24, 2.45) is 0 Å². The number of sulfonamides is 1. The van der Waals surface area contributed by atoms with Crippen LogP contribution in [0.25, 0.3) is 0 Å². The molecule has 2 N–H and O–H groups in total. The Kier molecular flexibility index (Phi) is 4.40. The first-order valence-corrected chi connectivity index (χ1v) is 9.50. The van der Waals surface area contributed by atoms with Crippen LogP contribution in [-0.2, 0) is 10.0 Å². The van der Waals surface area contributed by atoms with Crippen molar-refractivity contribution in [1.82, 2.24) is 14.6 Å². The van der Waals surface area contributed by atoms with E-state index in [2.05, 4.69) is 15.6 Å².